The number of nitrogens with zero attached hydrogens (tertiary/aromatic N) is 4. The van der Waals surface area contributed by atoms with E-state index in [9.17, 15) is 43.2 Å². The van der Waals surface area contributed by atoms with Crippen LogP contribution in [0.4, 0.5) is 5.69 Å². The predicted octanol–water partition coefficient (Wildman–Crippen LogP) is 7.15. The molecule has 3 aromatic carbocycles. The third-order valence-corrected chi connectivity index (χ3v) is 15.8. The topological polar surface area (TPSA) is 240 Å². The van der Waals surface area contributed by atoms with E-state index in [1.165, 1.54) is 66.9 Å². The number of fused-ring (bicyclic) bond motifs is 3. The third kappa shape index (κ3) is 19.5. The van der Waals surface area contributed by atoms with E-state index < -0.39 is 89.6 Å². The number of benzene rings is 3. The van der Waals surface area contributed by atoms with Gasteiger partial charge in [0.2, 0.25) is 35.3 Å². The average molecular weight is 1180 g/mol. The number of methoxy groups -OCH3 is 2. The molecule has 1 saturated heterocycles. The number of Topliss-reactive ketones (excluding diaryl/α,β-unsaturated/α-hetero) is 1. The third-order valence-electron chi connectivity index (χ3n) is 15.8. The van der Waals surface area contributed by atoms with Crippen molar-refractivity contribution >= 4 is 58.9 Å². The van der Waals surface area contributed by atoms with Gasteiger partial charge >= 0.3 is 11.9 Å². The highest BCUT2D eigenvalue weighted by atomic mass is 16.5. The monoisotopic (exact) mass is 1180 g/mol. The summed E-state index contributed by atoms with van der Waals surface area (Å²) in [5.74, 6) is -4.66. The number of ether oxygens (including phenoxy) is 4. The number of piperidine rings is 1. The molecule has 3 N–H and O–H groups in total. The fourth-order valence-electron chi connectivity index (χ4n) is 10.4. The molecule has 5 rings (SSSR count). The van der Waals surface area contributed by atoms with Crippen molar-refractivity contribution in [3.05, 3.63) is 114 Å². The molecule has 6 atom stereocenters. The Bertz CT molecular complexity index is 2870. The number of hydrogen-bond donors (Lipinski definition) is 3. The Kier molecular flexibility index (Phi) is 25.8. The van der Waals surface area contributed by atoms with Gasteiger partial charge in [-0.15, -0.1) is 0 Å². The zero-order valence-corrected chi connectivity index (χ0v) is 51.5. The summed E-state index contributed by atoms with van der Waals surface area (Å²) in [4.78, 5) is 132. The van der Waals surface area contributed by atoms with Crippen LogP contribution >= 0.6 is 0 Å². The number of anilines is 1. The number of rotatable bonds is 11. The van der Waals surface area contributed by atoms with Gasteiger partial charge in [0, 0.05) is 71.0 Å². The SMILES string of the molecule is C=C1NCC(=O)N(C)CC/C=C\C(=O)OCC(C)(C)C(=O)C(=O)N2CCCC[C@H]2C(=O)O[C@H](CCc2ccc(OC)c(OC)c2)c2cccc(c2)NC(=O)CCC(=O)N(C)[C@@H](CC(C)C)C(=O)N[C@H](Cc2ccccc2)C(=O)N(C)[C@H]1[C@@H](C)CC. The van der Waals surface area contributed by atoms with Gasteiger partial charge in [0.25, 0.3) is 5.91 Å². The predicted molar refractivity (Wildman–Crippen MR) is 323 cm³/mol. The summed E-state index contributed by atoms with van der Waals surface area (Å²) in [7, 11) is 7.82. The van der Waals surface area contributed by atoms with E-state index in [1.807, 2.05) is 70.2 Å². The molecule has 0 radical (unpaired) electrons. The van der Waals surface area contributed by atoms with Crippen molar-refractivity contribution in [3.8, 4) is 11.5 Å². The molecule has 0 aromatic heterocycles. The summed E-state index contributed by atoms with van der Waals surface area (Å²) in [6, 6.07) is 17.7. The van der Waals surface area contributed by atoms with Gasteiger partial charge in [-0.05, 0) is 112 Å². The minimum absolute atomic E-state index is 0.0588. The summed E-state index contributed by atoms with van der Waals surface area (Å²) >= 11 is 0. The fraction of sp³-hybridized carbons (Fsp3) is 0.523. The fourth-order valence-corrected chi connectivity index (χ4v) is 10.4. The molecular formula is C65H89N7O13. The quantitative estimate of drug-likeness (QED) is 0.128. The zero-order valence-electron chi connectivity index (χ0n) is 51.5. The number of nitrogens with one attached hydrogen (secondary N) is 3. The van der Waals surface area contributed by atoms with Crippen LogP contribution in [0.5, 0.6) is 11.5 Å². The van der Waals surface area contributed by atoms with Crippen molar-refractivity contribution < 1.29 is 62.1 Å². The first-order valence-corrected chi connectivity index (χ1v) is 29.4. The molecule has 20 heteroatoms. The molecule has 0 unspecified atom stereocenters. The van der Waals surface area contributed by atoms with Crippen molar-refractivity contribution in [2.24, 2.45) is 17.3 Å². The first-order chi connectivity index (χ1) is 40.4. The molecule has 0 saturated carbocycles. The van der Waals surface area contributed by atoms with E-state index in [0.29, 0.717) is 54.1 Å². The van der Waals surface area contributed by atoms with E-state index in [1.54, 1.807) is 44.4 Å². The van der Waals surface area contributed by atoms with Gasteiger partial charge in [0.15, 0.2) is 11.5 Å². The Balaban J connectivity index is 1.48. The number of amides is 6. The minimum atomic E-state index is -1.48. The van der Waals surface area contributed by atoms with Crippen LogP contribution in [-0.2, 0) is 65.5 Å². The molecule has 2 heterocycles. The maximum atomic E-state index is 14.8. The second-order valence-corrected chi connectivity index (χ2v) is 23.2. The first-order valence-electron chi connectivity index (χ1n) is 29.4. The van der Waals surface area contributed by atoms with Gasteiger partial charge in [-0.25, -0.2) is 9.59 Å². The Morgan fingerprint density at radius 2 is 1.52 bits per heavy atom. The maximum absolute atomic E-state index is 14.8. The number of ketones is 1. The number of cyclic esters (lactones) is 2. The van der Waals surface area contributed by atoms with Crippen LogP contribution < -0.4 is 25.4 Å². The van der Waals surface area contributed by atoms with Crippen LogP contribution in [0.25, 0.3) is 0 Å². The molecule has 2 aliphatic heterocycles. The number of carbonyl (C=O) groups is 9. The largest absolute Gasteiger partial charge is 0.493 e. The van der Waals surface area contributed by atoms with E-state index >= 15 is 0 Å². The number of carbonyl (C=O) groups excluding carboxylic acids is 9. The molecule has 2 bridgehead atoms. The second kappa shape index (κ2) is 32.3. The van der Waals surface area contributed by atoms with Gasteiger partial charge in [-0.1, -0.05) is 95.3 Å². The number of esters is 2. The van der Waals surface area contributed by atoms with Crippen LogP contribution in [0.1, 0.15) is 122 Å². The highest BCUT2D eigenvalue weighted by Crippen LogP contribution is 2.33. The summed E-state index contributed by atoms with van der Waals surface area (Å²) in [6.07, 6.45) is 4.56. The van der Waals surface area contributed by atoms with Gasteiger partial charge in [0.1, 0.15) is 30.8 Å². The van der Waals surface area contributed by atoms with Crippen LogP contribution in [0.3, 0.4) is 0 Å². The number of likely N-dealkylation sites (N-methyl/N-ethyl adjacent to an activating group) is 3. The Morgan fingerprint density at radius 3 is 2.20 bits per heavy atom. The minimum Gasteiger partial charge on any atom is -0.493 e. The molecule has 2 aliphatic rings. The van der Waals surface area contributed by atoms with Gasteiger partial charge in [-0.3, -0.25) is 33.6 Å². The normalized spacial score (nSPS) is 22.8. The van der Waals surface area contributed by atoms with Gasteiger partial charge in [0.05, 0.1) is 32.2 Å². The summed E-state index contributed by atoms with van der Waals surface area (Å²) in [5.41, 5.74) is 1.43. The molecule has 462 valence electrons. The Hall–Kier alpha value is -8.03. The molecule has 6 amide bonds. The van der Waals surface area contributed by atoms with Crippen molar-refractivity contribution in [2.75, 3.05) is 66.9 Å². The van der Waals surface area contributed by atoms with Crippen molar-refractivity contribution in [1.82, 2.24) is 30.2 Å². The lowest BCUT2D eigenvalue weighted by Gasteiger charge is -2.37. The Labute approximate surface area is 501 Å². The van der Waals surface area contributed by atoms with E-state index in [-0.39, 0.29) is 82.3 Å². The van der Waals surface area contributed by atoms with Crippen molar-refractivity contribution in [1.29, 1.82) is 0 Å². The zero-order chi connectivity index (χ0) is 62.5. The lowest BCUT2D eigenvalue weighted by atomic mass is 9.87. The molecule has 1 fully saturated rings. The highest BCUT2D eigenvalue weighted by molar-refractivity contribution is 6.38. The standard InChI is InChI=1S/C65H89N7O13/c1-13-43(4)59-44(5)66-40-57(75)69(8)34-19-18-27-58(76)84-41-65(6,7)60(77)63(80)72-35-20-17-26-50(72)64(81)85-52(30-28-46-29-31-53(82-11)54(38-46)83-12)47-24-21-25-48(39-47)67-55(73)32-33-56(74)70(9)51(36-42(2)3)61(78)68-49(62(79)71(59)10)37-45-22-15-14-16-23-45/h14-16,18,21-25,27,29,31,38-39,42-43,49-52,59,66H,5,13,17,19-20,26,28,30,32-37,40-41H2,1-4,6-12H3,(H,67,73)(H,68,78)/b27-18-/t43-,49+,50-,51-,52+,59-/m0/s1. The molecule has 3 aromatic rings. The molecular weight excluding hydrogens is 1090 g/mol. The summed E-state index contributed by atoms with van der Waals surface area (Å²) in [6.45, 7) is 14.8. The summed E-state index contributed by atoms with van der Waals surface area (Å²) in [5, 5.41) is 9.01. The van der Waals surface area contributed by atoms with Crippen LogP contribution in [0.15, 0.2) is 97.2 Å². The maximum Gasteiger partial charge on any atom is 0.330 e. The van der Waals surface area contributed by atoms with Crippen molar-refractivity contribution in [2.45, 2.75) is 142 Å². The smallest absolute Gasteiger partial charge is 0.330 e. The lowest BCUT2D eigenvalue weighted by molar-refractivity contribution is -0.165. The molecule has 85 heavy (non-hydrogen) atoms. The van der Waals surface area contributed by atoms with Gasteiger partial charge < -0.3 is 54.5 Å². The number of hydrogen-bond acceptors (Lipinski definition) is 14. The lowest BCUT2D eigenvalue weighted by Crippen LogP contribution is -2.57. The number of aryl methyl sites for hydroxylation is 1. The Morgan fingerprint density at radius 1 is 0.800 bits per heavy atom. The highest BCUT2D eigenvalue weighted by Gasteiger charge is 2.43. The van der Waals surface area contributed by atoms with Gasteiger partial charge in [-0.2, -0.15) is 0 Å². The molecule has 0 aliphatic carbocycles. The summed E-state index contributed by atoms with van der Waals surface area (Å²) < 4.78 is 22.8. The van der Waals surface area contributed by atoms with Crippen LogP contribution in [0, 0.1) is 17.3 Å². The van der Waals surface area contributed by atoms with E-state index in [0.717, 1.165) is 11.1 Å². The average Bonchev–Trinajstić information content (AvgIpc) is 3.12. The van der Waals surface area contributed by atoms with Crippen LogP contribution in [0.2, 0.25) is 0 Å². The van der Waals surface area contributed by atoms with Crippen LogP contribution in [-0.4, -0.2) is 159 Å². The molecule has 20 nitrogen and oxygen atoms in total. The second-order valence-electron chi connectivity index (χ2n) is 23.2. The van der Waals surface area contributed by atoms with Crippen molar-refractivity contribution in [3.63, 3.8) is 0 Å². The van der Waals surface area contributed by atoms with E-state index in [2.05, 4.69) is 22.5 Å². The molecule has 0 spiro atoms. The van der Waals surface area contributed by atoms with E-state index in [4.69, 9.17) is 18.9 Å². The first kappa shape index (κ1) is 67.8.